The zero-order chi connectivity index (χ0) is 13.2. The van der Waals surface area contributed by atoms with Gasteiger partial charge in [-0.2, -0.15) is 16.7 Å². The lowest BCUT2D eigenvalue weighted by Crippen LogP contribution is -2.19. The van der Waals surface area contributed by atoms with Gasteiger partial charge in [0.05, 0.1) is 5.25 Å². The molecule has 2 aromatic rings. The van der Waals surface area contributed by atoms with Gasteiger partial charge in [-0.25, -0.2) is 4.63 Å². The smallest absolute Gasteiger partial charge is 0.284 e. The molecule has 2 N–H and O–H groups in total. The van der Waals surface area contributed by atoms with Crippen molar-refractivity contribution in [3.8, 4) is 11.6 Å². The van der Waals surface area contributed by atoms with Crippen LogP contribution in [0.25, 0.3) is 11.6 Å². The average Bonchev–Trinajstić information content (AvgIpc) is 3.07. The summed E-state index contributed by atoms with van der Waals surface area (Å²) in [6.07, 6.45) is 1.08. The Kier molecular flexibility index (Phi) is 3.65. The first-order valence-corrected chi connectivity index (χ1v) is 8.04. The molecule has 3 heterocycles. The van der Waals surface area contributed by atoms with Gasteiger partial charge >= 0.3 is 0 Å². The second-order valence-corrected chi connectivity index (χ2v) is 6.66. The van der Waals surface area contributed by atoms with Gasteiger partial charge in [0.1, 0.15) is 0 Å². The van der Waals surface area contributed by atoms with Gasteiger partial charge in [-0.3, -0.25) is 0 Å². The summed E-state index contributed by atoms with van der Waals surface area (Å²) in [7, 11) is 0. The number of nitrogens with two attached hydrogens (primary N) is 1. The summed E-state index contributed by atoms with van der Waals surface area (Å²) in [5.41, 5.74) is 5.92. The summed E-state index contributed by atoms with van der Waals surface area (Å²) in [4.78, 5) is 4.38. The number of nitrogen functional groups attached to an aromatic ring is 1. The fourth-order valence-corrected chi connectivity index (χ4v) is 4.91. The monoisotopic (exact) mass is 299 g/mol. The van der Waals surface area contributed by atoms with Gasteiger partial charge in [0.15, 0.2) is 5.82 Å². The summed E-state index contributed by atoms with van der Waals surface area (Å²) in [5, 5.41) is 12.0. The largest absolute Gasteiger partial charge is 0.379 e. The molecule has 102 valence electrons. The van der Waals surface area contributed by atoms with Crippen molar-refractivity contribution in [1.82, 2.24) is 20.5 Å². The van der Waals surface area contributed by atoms with Crippen LogP contribution in [0.5, 0.6) is 0 Å². The van der Waals surface area contributed by atoms with Crippen molar-refractivity contribution in [2.24, 2.45) is 0 Å². The maximum absolute atomic E-state index is 5.61. The molecule has 9 heteroatoms. The topological polar surface area (TPSA) is 104 Å². The van der Waals surface area contributed by atoms with Crippen LogP contribution in [0.1, 0.15) is 24.4 Å². The van der Waals surface area contributed by atoms with Crippen molar-refractivity contribution in [2.75, 3.05) is 17.2 Å². The fourth-order valence-electron chi connectivity index (χ4n) is 1.93. The van der Waals surface area contributed by atoms with E-state index in [1.807, 2.05) is 23.5 Å². The summed E-state index contributed by atoms with van der Waals surface area (Å²) in [5.74, 6) is 3.39. The minimum Gasteiger partial charge on any atom is -0.379 e. The molecule has 0 bridgehead atoms. The number of thioether (sulfide) groups is 2. The Morgan fingerprint density at radius 3 is 2.84 bits per heavy atom. The molecule has 0 aromatic carbocycles. The fraction of sp³-hybridized carbons (Fsp3) is 0.600. The number of rotatable bonds is 3. The van der Waals surface area contributed by atoms with E-state index in [0.29, 0.717) is 16.8 Å². The third-order valence-corrected chi connectivity index (χ3v) is 6.11. The van der Waals surface area contributed by atoms with Crippen LogP contribution in [0.15, 0.2) is 9.15 Å². The first kappa shape index (κ1) is 12.8. The lowest BCUT2D eigenvalue weighted by Gasteiger charge is -2.27. The maximum atomic E-state index is 5.61. The molecule has 0 aliphatic carbocycles. The van der Waals surface area contributed by atoms with E-state index in [1.165, 1.54) is 5.75 Å². The van der Waals surface area contributed by atoms with E-state index in [0.717, 1.165) is 12.2 Å². The van der Waals surface area contributed by atoms with Gasteiger partial charge in [0, 0.05) is 16.8 Å². The van der Waals surface area contributed by atoms with Gasteiger partial charge in [0.2, 0.25) is 11.5 Å². The molecular weight excluding hydrogens is 286 g/mol. The molecule has 0 amide bonds. The van der Waals surface area contributed by atoms with Crippen LogP contribution in [0.4, 0.5) is 5.82 Å². The van der Waals surface area contributed by atoms with Crippen molar-refractivity contribution in [3.63, 3.8) is 0 Å². The van der Waals surface area contributed by atoms with E-state index < -0.39 is 0 Å². The highest BCUT2D eigenvalue weighted by Gasteiger charge is 2.31. The van der Waals surface area contributed by atoms with Crippen LogP contribution in [0.2, 0.25) is 0 Å². The molecule has 0 saturated carbocycles. The van der Waals surface area contributed by atoms with Crippen molar-refractivity contribution < 1.29 is 9.15 Å². The molecular formula is C10H13N5O2S2. The average molecular weight is 299 g/mol. The molecule has 1 saturated heterocycles. The number of hydrogen-bond acceptors (Lipinski definition) is 9. The standard InChI is InChI=1S/C10H13N5O2S2/c1-2-5-7(19-4-3-18-5)9-12-10(16-15-9)6-8(11)14-17-13-6/h5,7H,2-4H2,1H3,(H2,11,14). The van der Waals surface area contributed by atoms with Gasteiger partial charge in [-0.05, 0) is 16.7 Å². The van der Waals surface area contributed by atoms with Crippen LogP contribution < -0.4 is 5.73 Å². The molecule has 1 fully saturated rings. The zero-order valence-electron chi connectivity index (χ0n) is 10.3. The quantitative estimate of drug-likeness (QED) is 0.910. The Balaban J connectivity index is 1.86. The first-order valence-electron chi connectivity index (χ1n) is 5.94. The van der Waals surface area contributed by atoms with Gasteiger partial charge < -0.3 is 10.3 Å². The lowest BCUT2D eigenvalue weighted by atomic mass is 10.2. The van der Waals surface area contributed by atoms with E-state index in [2.05, 4.69) is 32.0 Å². The lowest BCUT2D eigenvalue weighted by molar-refractivity contribution is 0.308. The number of anilines is 1. The van der Waals surface area contributed by atoms with E-state index in [1.54, 1.807) is 0 Å². The van der Waals surface area contributed by atoms with E-state index in [4.69, 9.17) is 10.3 Å². The minimum atomic E-state index is 0.160. The SMILES string of the molecule is CCC1SCCSC1c1noc(-c2nonc2N)n1. The Bertz CT molecular complexity index is 558. The molecule has 2 aromatic heterocycles. The van der Waals surface area contributed by atoms with Crippen molar-refractivity contribution in [1.29, 1.82) is 0 Å². The van der Waals surface area contributed by atoms with E-state index >= 15 is 0 Å². The van der Waals surface area contributed by atoms with Crippen molar-refractivity contribution in [2.45, 2.75) is 23.8 Å². The van der Waals surface area contributed by atoms with Crippen LogP contribution in [0, 0.1) is 0 Å². The Morgan fingerprint density at radius 2 is 2.11 bits per heavy atom. The third-order valence-electron chi connectivity index (χ3n) is 2.87. The predicted octanol–water partition coefficient (Wildman–Crippen LogP) is 2.00. The molecule has 7 nitrogen and oxygen atoms in total. The van der Waals surface area contributed by atoms with Crippen molar-refractivity contribution >= 4 is 29.3 Å². The molecule has 2 unspecified atom stereocenters. The molecule has 3 rings (SSSR count). The second kappa shape index (κ2) is 5.41. The summed E-state index contributed by atoms with van der Waals surface area (Å²) in [6.45, 7) is 2.18. The van der Waals surface area contributed by atoms with Crippen LogP contribution in [-0.4, -0.2) is 37.2 Å². The number of hydrogen-bond donors (Lipinski definition) is 1. The van der Waals surface area contributed by atoms with Crippen molar-refractivity contribution in [3.05, 3.63) is 5.82 Å². The van der Waals surface area contributed by atoms with Crippen LogP contribution >= 0.6 is 23.5 Å². The predicted molar refractivity (Wildman–Crippen MR) is 73.7 cm³/mol. The second-order valence-electron chi connectivity index (χ2n) is 4.06. The normalized spacial score (nSPS) is 23.6. The van der Waals surface area contributed by atoms with Gasteiger partial charge in [0.25, 0.3) is 5.89 Å². The van der Waals surface area contributed by atoms with E-state index in [9.17, 15) is 0 Å². The van der Waals surface area contributed by atoms with Gasteiger partial charge in [-0.15, -0.1) is 11.8 Å². The maximum Gasteiger partial charge on any atom is 0.284 e. The Labute approximate surface area is 118 Å². The molecule has 0 spiro atoms. The molecule has 19 heavy (non-hydrogen) atoms. The van der Waals surface area contributed by atoms with Gasteiger partial charge in [-0.1, -0.05) is 12.1 Å². The molecule has 1 aliphatic heterocycles. The Morgan fingerprint density at radius 1 is 1.26 bits per heavy atom. The zero-order valence-corrected chi connectivity index (χ0v) is 11.9. The Hall–Kier alpha value is -1.22. The molecule has 2 atom stereocenters. The summed E-state index contributed by atoms with van der Waals surface area (Å²) in [6, 6.07) is 0. The van der Waals surface area contributed by atoms with Crippen LogP contribution in [0.3, 0.4) is 0 Å². The highest BCUT2D eigenvalue weighted by molar-refractivity contribution is 8.06. The third kappa shape index (κ3) is 2.44. The van der Waals surface area contributed by atoms with Crippen LogP contribution in [-0.2, 0) is 0 Å². The first-order chi connectivity index (χ1) is 9.29. The number of nitrogens with zero attached hydrogens (tertiary/aromatic N) is 4. The summed E-state index contributed by atoms with van der Waals surface area (Å²) < 4.78 is 9.74. The number of aromatic nitrogens is 4. The highest BCUT2D eigenvalue weighted by atomic mass is 32.2. The molecule has 1 aliphatic rings. The minimum absolute atomic E-state index is 0.160. The van der Waals surface area contributed by atoms with E-state index in [-0.39, 0.29) is 17.0 Å². The molecule has 0 radical (unpaired) electrons. The summed E-state index contributed by atoms with van der Waals surface area (Å²) >= 11 is 3.83. The highest BCUT2D eigenvalue weighted by Crippen LogP contribution is 2.43.